The van der Waals surface area contributed by atoms with Gasteiger partial charge in [0.05, 0.1) is 25.7 Å². The van der Waals surface area contributed by atoms with Gasteiger partial charge >= 0.3 is 0 Å². The SMILES string of the molecule is COc1cccc(CCNC(=O)[C@@H]2CC(=O)N[C@@H](Cc3ccc(O)cc3)C(=O)N[C@@H](Cc3ccccc3)C(=O)NCCCOc3ccccc3C(=O)N2)c1. The van der Waals surface area contributed by atoms with E-state index in [-0.39, 0.29) is 49.6 Å². The molecule has 13 heteroatoms. The van der Waals surface area contributed by atoms with Gasteiger partial charge in [0, 0.05) is 25.9 Å². The average molecular weight is 736 g/mol. The summed E-state index contributed by atoms with van der Waals surface area (Å²) >= 11 is 0. The summed E-state index contributed by atoms with van der Waals surface area (Å²) in [6, 6.07) is 25.8. The van der Waals surface area contributed by atoms with Crippen molar-refractivity contribution in [2.24, 2.45) is 0 Å². The van der Waals surface area contributed by atoms with Crippen LogP contribution in [-0.4, -0.2) is 79.6 Å². The lowest BCUT2D eigenvalue weighted by atomic mass is 10.0. The second-order valence-corrected chi connectivity index (χ2v) is 12.9. The Morgan fingerprint density at radius 2 is 1.48 bits per heavy atom. The number of fused-ring (bicyclic) bond motifs is 1. The number of phenols is 1. The van der Waals surface area contributed by atoms with Gasteiger partial charge in [-0.25, -0.2) is 0 Å². The largest absolute Gasteiger partial charge is 0.508 e. The molecule has 1 aliphatic rings. The minimum Gasteiger partial charge on any atom is -0.508 e. The number of ether oxygens (including phenoxy) is 2. The summed E-state index contributed by atoms with van der Waals surface area (Å²) < 4.78 is 11.2. The Morgan fingerprint density at radius 3 is 2.24 bits per heavy atom. The van der Waals surface area contributed by atoms with Crippen LogP contribution in [0.3, 0.4) is 0 Å². The Hall–Kier alpha value is -6.37. The van der Waals surface area contributed by atoms with Crippen molar-refractivity contribution in [1.82, 2.24) is 26.6 Å². The average Bonchev–Trinajstić information content (AvgIpc) is 3.18. The van der Waals surface area contributed by atoms with Crippen molar-refractivity contribution in [3.8, 4) is 17.2 Å². The normalized spacial score (nSPS) is 18.6. The molecule has 3 atom stereocenters. The monoisotopic (exact) mass is 735 g/mol. The quantitative estimate of drug-likeness (QED) is 0.152. The van der Waals surface area contributed by atoms with Crippen LogP contribution in [0.2, 0.25) is 0 Å². The Kier molecular flexibility index (Phi) is 14.0. The Morgan fingerprint density at radius 1 is 0.796 bits per heavy atom. The summed E-state index contributed by atoms with van der Waals surface area (Å²) in [6.07, 6.45) is 0.538. The zero-order valence-electron chi connectivity index (χ0n) is 30.0. The van der Waals surface area contributed by atoms with Crippen LogP contribution in [0.4, 0.5) is 0 Å². The van der Waals surface area contributed by atoms with E-state index in [2.05, 4.69) is 26.6 Å². The highest BCUT2D eigenvalue weighted by molar-refractivity contribution is 6.01. The molecular weight excluding hydrogens is 690 g/mol. The summed E-state index contributed by atoms with van der Waals surface area (Å²) in [7, 11) is 1.57. The van der Waals surface area contributed by atoms with Crippen molar-refractivity contribution in [2.75, 3.05) is 26.8 Å². The molecule has 0 bridgehead atoms. The van der Waals surface area contributed by atoms with E-state index in [0.717, 1.165) is 11.1 Å². The van der Waals surface area contributed by atoms with Crippen LogP contribution in [0.25, 0.3) is 0 Å². The molecule has 0 aromatic heterocycles. The molecule has 0 fully saturated rings. The maximum Gasteiger partial charge on any atom is 0.255 e. The first-order chi connectivity index (χ1) is 26.2. The number of carbonyl (C=O) groups is 5. The maximum absolute atomic E-state index is 14.0. The second-order valence-electron chi connectivity index (χ2n) is 12.9. The summed E-state index contributed by atoms with van der Waals surface area (Å²) in [6.45, 7) is 0.585. The van der Waals surface area contributed by atoms with Crippen molar-refractivity contribution in [1.29, 1.82) is 0 Å². The van der Waals surface area contributed by atoms with Gasteiger partial charge in [0.2, 0.25) is 23.6 Å². The van der Waals surface area contributed by atoms with Crippen molar-refractivity contribution < 1.29 is 38.6 Å². The van der Waals surface area contributed by atoms with Crippen LogP contribution < -0.4 is 36.1 Å². The van der Waals surface area contributed by atoms with E-state index >= 15 is 0 Å². The van der Waals surface area contributed by atoms with Gasteiger partial charge in [-0.1, -0.05) is 66.7 Å². The van der Waals surface area contributed by atoms with Gasteiger partial charge in [-0.05, 0) is 65.9 Å². The first kappa shape index (κ1) is 38.9. The van der Waals surface area contributed by atoms with Gasteiger partial charge in [0.1, 0.15) is 35.4 Å². The molecule has 0 aliphatic carbocycles. The van der Waals surface area contributed by atoms with E-state index < -0.39 is 54.1 Å². The lowest BCUT2D eigenvalue weighted by molar-refractivity contribution is -0.133. The molecule has 5 amide bonds. The number of benzene rings is 4. The summed E-state index contributed by atoms with van der Waals surface area (Å²) in [4.78, 5) is 68.5. The molecule has 4 aromatic carbocycles. The van der Waals surface area contributed by atoms with Crippen LogP contribution in [0.5, 0.6) is 17.2 Å². The molecule has 5 rings (SSSR count). The lowest BCUT2D eigenvalue weighted by Gasteiger charge is -2.25. The van der Waals surface area contributed by atoms with Crippen LogP contribution in [0, 0.1) is 0 Å². The Balaban J connectivity index is 1.42. The fraction of sp³-hybridized carbons (Fsp3) is 0.293. The van der Waals surface area contributed by atoms with E-state index in [1.807, 2.05) is 54.6 Å². The molecule has 54 heavy (non-hydrogen) atoms. The molecular formula is C41H45N5O8. The van der Waals surface area contributed by atoms with Crippen molar-refractivity contribution in [3.05, 3.63) is 125 Å². The minimum absolute atomic E-state index is 0.00596. The summed E-state index contributed by atoms with van der Waals surface area (Å²) in [5.41, 5.74) is 2.51. The third-order valence-electron chi connectivity index (χ3n) is 8.81. The fourth-order valence-corrected chi connectivity index (χ4v) is 5.94. The van der Waals surface area contributed by atoms with Crippen molar-refractivity contribution in [2.45, 2.75) is 50.2 Å². The second kappa shape index (κ2) is 19.5. The van der Waals surface area contributed by atoms with E-state index in [1.54, 1.807) is 43.5 Å². The number of para-hydroxylation sites is 1. The lowest BCUT2D eigenvalue weighted by Crippen LogP contribution is -2.56. The maximum atomic E-state index is 14.0. The standard InChI is InChI=1S/C41H45N5O8/c1-53-31-12-7-11-28(23-31)19-21-43-40(51)35-26-37(48)44-34(25-29-15-17-30(47)18-16-29)41(52)46-33(24-27-9-3-2-4-10-27)39(50)42-20-8-22-54-36-14-6-5-13-32(36)38(49)45-35/h2-7,9-18,23,33-35,47H,8,19-22,24-26H2,1H3,(H,42,50)(H,43,51)(H,44,48)(H,45,49)(H,46,52)/t33-,34-,35-/m0/s1. The number of hydrogen-bond donors (Lipinski definition) is 6. The number of aromatic hydroxyl groups is 1. The number of nitrogens with one attached hydrogen (secondary N) is 5. The molecule has 4 aromatic rings. The van der Waals surface area contributed by atoms with E-state index in [4.69, 9.17) is 9.47 Å². The number of phenolic OH excluding ortho intramolecular Hbond substituents is 1. The van der Waals surface area contributed by atoms with Crippen LogP contribution in [0.1, 0.15) is 39.9 Å². The highest BCUT2D eigenvalue weighted by atomic mass is 16.5. The first-order valence-electron chi connectivity index (χ1n) is 17.8. The summed E-state index contributed by atoms with van der Waals surface area (Å²) in [5.74, 6) is -2.02. The van der Waals surface area contributed by atoms with Crippen LogP contribution >= 0.6 is 0 Å². The van der Waals surface area contributed by atoms with Crippen LogP contribution in [0.15, 0.2) is 103 Å². The fourth-order valence-electron chi connectivity index (χ4n) is 5.94. The third-order valence-corrected chi connectivity index (χ3v) is 8.81. The predicted molar refractivity (Wildman–Crippen MR) is 201 cm³/mol. The molecule has 0 unspecified atom stereocenters. The molecule has 13 nitrogen and oxygen atoms in total. The highest BCUT2D eigenvalue weighted by Gasteiger charge is 2.31. The highest BCUT2D eigenvalue weighted by Crippen LogP contribution is 2.19. The van der Waals surface area contributed by atoms with Gasteiger partial charge in [0.15, 0.2) is 0 Å². The van der Waals surface area contributed by atoms with Gasteiger partial charge in [0.25, 0.3) is 5.91 Å². The molecule has 0 radical (unpaired) electrons. The van der Waals surface area contributed by atoms with Gasteiger partial charge in [-0.2, -0.15) is 0 Å². The number of amides is 5. The van der Waals surface area contributed by atoms with E-state index in [1.165, 1.54) is 12.1 Å². The topological polar surface area (TPSA) is 184 Å². The number of rotatable bonds is 9. The van der Waals surface area contributed by atoms with Crippen LogP contribution in [-0.2, 0) is 38.4 Å². The van der Waals surface area contributed by atoms with Crippen molar-refractivity contribution >= 4 is 29.5 Å². The molecule has 0 saturated heterocycles. The molecule has 1 heterocycles. The number of methoxy groups -OCH3 is 1. The van der Waals surface area contributed by atoms with Gasteiger partial charge < -0.3 is 41.2 Å². The Labute approximate surface area is 313 Å². The molecule has 1 aliphatic heterocycles. The smallest absolute Gasteiger partial charge is 0.255 e. The first-order valence-corrected chi connectivity index (χ1v) is 17.8. The zero-order chi connectivity index (χ0) is 38.3. The number of hydrogen-bond acceptors (Lipinski definition) is 8. The molecule has 0 spiro atoms. The van der Waals surface area contributed by atoms with Crippen molar-refractivity contribution in [3.63, 3.8) is 0 Å². The molecule has 0 saturated carbocycles. The molecule has 282 valence electrons. The minimum atomic E-state index is -1.33. The Bertz CT molecular complexity index is 1900. The predicted octanol–water partition coefficient (Wildman–Crippen LogP) is 2.60. The third kappa shape index (κ3) is 11.6. The zero-order valence-corrected chi connectivity index (χ0v) is 30.0. The molecule has 6 N–H and O–H groups in total. The van der Waals surface area contributed by atoms with Gasteiger partial charge in [-0.15, -0.1) is 0 Å². The number of carbonyl (C=O) groups excluding carboxylic acids is 5. The summed E-state index contributed by atoms with van der Waals surface area (Å²) in [5, 5.41) is 23.8. The van der Waals surface area contributed by atoms with Gasteiger partial charge in [-0.3, -0.25) is 24.0 Å². The van der Waals surface area contributed by atoms with E-state index in [9.17, 15) is 29.1 Å². The van der Waals surface area contributed by atoms with E-state index in [0.29, 0.717) is 24.2 Å².